The highest BCUT2D eigenvalue weighted by Crippen LogP contribution is 2.28. The van der Waals surface area contributed by atoms with Gasteiger partial charge in [0.25, 0.3) is 0 Å². The number of hydrogen-bond acceptors (Lipinski definition) is 3. The first-order valence-corrected chi connectivity index (χ1v) is 9.54. The predicted octanol–water partition coefficient (Wildman–Crippen LogP) is 2.90. The van der Waals surface area contributed by atoms with E-state index in [9.17, 15) is 4.79 Å². The van der Waals surface area contributed by atoms with Gasteiger partial charge in [-0.1, -0.05) is 13.3 Å². The van der Waals surface area contributed by atoms with E-state index in [2.05, 4.69) is 17.1 Å². The number of piperidine rings is 1. The minimum absolute atomic E-state index is 0.370. The number of carbonyl (C=O) groups excluding carboxylic acids is 1. The molecule has 0 unspecified atom stereocenters. The molecule has 4 heteroatoms. The summed E-state index contributed by atoms with van der Waals surface area (Å²) in [7, 11) is 0. The fourth-order valence-electron chi connectivity index (χ4n) is 2.65. The summed E-state index contributed by atoms with van der Waals surface area (Å²) in [6.45, 7) is 5.33. The largest absolute Gasteiger partial charge is 0.343 e. The molecule has 2 fully saturated rings. The fraction of sp³-hybridized carbons (Fsp3) is 0.938. The van der Waals surface area contributed by atoms with E-state index >= 15 is 0 Å². The number of unbranched alkanes of at least 4 members (excludes halogenated alkanes) is 1. The molecule has 1 amide bonds. The SMILES string of the molecule is CCCCSCCC(=O)N1CCC(NCC2CC2)CC1. The summed E-state index contributed by atoms with van der Waals surface area (Å²) in [6, 6.07) is 0.651. The highest BCUT2D eigenvalue weighted by atomic mass is 32.2. The molecule has 1 N–H and O–H groups in total. The van der Waals surface area contributed by atoms with E-state index in [1.807, 2.05) is 11.8 Å². The monoisotopic (exact) mass is 298 g/mol. The minimum Gasteiger partial charge on any atom is -0.343 e. The lowest BCUT2D eigenvalue weighted by Crippen LogP contribution is -2.45. The van der Waals surface area contributed by atoms with Crippen LogP contribution in [-0.4, -0.2) is 48.0 Å². The topological polar surface area (TPSA) is 32.3 Å². The molecule has 3 nitrogen and oxygen atoms in total. The highest BCUT2D eigenvalue weighted by Gasteiger charge is 2.25. The molecule has 0 aromatic rings. The number of nitrogens with zero attached hydrogens (tertiary/aromatic N) is 1. The number of thioether (sulfide) groups is 1. The van der Waals surface area contributed by atoms with Crippen molar-refractivity contribution >= 4 is 17.7 Å². The summed E-state index contributed by atoms with van der Waals surface area (Å²) in [5.41, 5.74) is 0. The summed E-state index contributed by atoms with van der Waals surface area (Å²) in [5.74, 6) is 3.53. The number of nitrogens with one attached hydrogen (secondary N) is 1. The van der Waals surface area contributed by atoms with Gasteiger partial charge in [-0.15, -0.1) is 0 Å². The molecular weight excluding hydrogens is 268 g/mol. The van der Waals surface area contributed by atoms with Gasteiger partial charge in [0.2, 0.25) is 5.91 Å². The number of rotatable bonds is 9. The van der Waals surface area contributed by atoms with E-state index in [-0.39, 0.29) is 0 Å². The van der Waals surface area contributed by atoms with Crippen molar-refractivity contribution < 1.29 is 4.79 Å². The molecule has 0 spiro atoms. The second kappa shape index (κ2) is 8.93. The van der Waals surface area contributed by atoms with Crippen LogP contribution in [-0.2, 0) is 4.79 Å². The molecular formula is C16H30N2OS. The van der Waals surface area contributed by atoms with Gasteiger partial charge in [0.05, 0.1) is 0 Å². The third-order valence-electron chi connectivity index (χ3n) is 4.34. The minimum atomic E-state index is 0.370. The van der Waals surface area contributed by atoms with Crippen molar-refractivity contribution in [2.75, 3.05) is 31.1 Å². The molecule has 0 aromatic heterocycles. The standard InChI is InChI=1S/C16H30N2OS/c1-2-3-11-20-12-8-16(19)18-9-6-15(7-10-18)17-13-14-4-5-14/h14-15,17H,2-13H2,1H3. The molecule has 1 saturated heterocycles. The van der Waals surface area contributed by atoms with Crippen LogP contribution in [0.2, 0.25) is 0 Å². The second-order valence-corrected chi connectivity index (χ2v) is 7.45. The molecule has 0 atom stereocenters. The van der Waals surface area contributed by atoms with Gasteiger partial charge in [0.15, 0.2) is 0 Å². The molecule has 1 heterocycles. The van der Waals surface area contributed by atoms with Crippen LogP contribution in [0.25, 0.3) is 0 Å². The molecule has 1 aliphatic carbocycles. The lowest BCUT2D eigenvalue weighted by atomic mass is 10.0. The Morgan fingerprint density at radius 3 is 2.60 bits per heavy atom. The number of hydrogen-bond donors (Lipinski definition) is 1. The molecule has 1 aliphatic heterocycles. The molecule has 1 saturated carbocycles. The lowest BCUT2D eigenvalue weighted by molar-refractivity contribution is -0.131. The maximum Gasteiger partial charge on any atom is 0.223 e. The second-order valence-electron chi connectivity index (χ2n) is 6.22. The predicted molar refractivity (Wildman–Crippen MR) is 87.2 cm³/mol. The quantitative estimate of drug-likeness (QED) is 0.664. The third kappa shape index (κ3) is 6.04. The zero-order valence-corrected chi connectivity index (χ0v) is 13.7. The molecule has 0 bridgehead atoms. The molecule has 0 aromatic carbocycles. The molecule has 2 aliphatic rings. The molecule has 116 valence electrons. The maximum atomic E-state index is 12.1. The Labute approximate surface area is 128 Å². The zero-order chi connectivity index (χ0) is 14.2. The number of likely N-dealkylation sites (tertiary alicyclic amines) is 1. The number of amides is 1. The molecule has 20 heavy (non-hydrogen) atoms. The van der Waals surface area contributed by atoms with Crippen molar-refractivity contribution in [1.82, 2.24) is 10.2 Å². The average molecular weight is 298 g/mol. The van der Waals surface area contributed by atoms with Gasteiger partial charge in [-0.25, -0.2) is 0 Å². The third-order valence-corrected chi connectivity index (χ3v) is 5.41. The van der Waals surface area contributed by atoms with E-state index in [0.29, 0.717) is 11.9 Å². The van der Waals surface area contributed by atoms with Crippen LogP contribution in [0.5, 0.6) is 0 Å². The van der Waals surface area contributed by atoms with Gasteiger partial charge < -0.3 is 10.2 Å². The zero-order valence-electron chi connectivity index (χ0n) is 12.9. The summed E-state index contributed by atoms with van der Waals surface area (Å²) in [4.78, 5) is 14.2. The number of carbonyl (C=O) groups is 1. The van der Waals surface area contributed by atoms with Crippen LogP contribution in [0.3, 0.4) is 0 Å². The van der Waals surface area contributed by atoms with Gasteiger partial charge in [-0.3, -0.25) is 4.79 Å². The lowest BCUT2D eigenvalue weighted by Gasteiger charge is -2.32. The van der Waals surface area contributed by atoms with Crippen LogP contribution in [0.4, 0.5) is 0 Å². The van der Waals surface area contributed by atoms with E-state index < -0.39 is 0 Å². The van der Waals surface area contributed by atoms with Crippen molar-refractivity contribution in [2.45, 2.75) is 57.9 Å². The van der Waals surface area contributed by atoms with Gasteiger partial charge in [0, 0.05) is 31.3 Å². The van der Waals surface area contributed by atoms with Crippen LogP contribution in [0, 0.1) is 5.92 Å². The van der Waals surface area contributed by atoms with Crippen LogP contribution < -0.4 is 5.32 Å². The van der Waals surface area contributed by atoms with E-state index in [1.54, 1.807) is 0 Å². The first-order valence-electron chi connectivity index (χ1n) is 8.38. The highest BCUT2D eigenvalue weighted by molar-refractivity contribution is 7.99. The van der Waals surface area contributed by atoms with Crippen molar-refractivity contribution in [3.05, 3.63) is 0 Å². The Bertz CT molecular complexity index is 286. The van der Waals surface area contributed by atoms with Crippen molar-refractivity contribution in [3.8, 4) is 0 Å². The fourth-order valence-corrected chi connectivity index (χ4v) is 3.67. The Morgan fingerprint density at radius 1 is 1.20 bits per heavy atom. The van der Waals surface area contributed by atoms with Gasteiger partial charge in [0.1, 0.15) is 0 Å². The summed E-state index contributed by atoms with van der Waals surface area (Å²) >= 11 is 1.93. The van der Waals surface area contributed by atoms with Gasteiger partial charge in [-0.05, 0) is 50.3 Å². The van der Waals surface area contributed by atoms with Crippen LogP contribution >= 0.6 is 11.8 Å². The van der Waals surface area contributed by atoms with E-state index in [1.165, 1.54) is 38.0 Å². The Morgan fingerprint density at radius 2 is 1.95 bits per heavy atom. The average Bonchev–Trinajstić information content (AvgIpc) is 3.29. The maximum absolute atomic E-state index is 12.1. The van der Waals surface area contributed by atoms with Crippen LogP contribution in [0.15, 0.2) is 0 Å². The van der Waals surface area contributed by atoms with Gasteiger partial charge in [-0.2, -0.15) is 11.8 Å². The Balaban J connectivity index is 1.51. The normalized spacial score (nSPS) is 20.4. The van der Waals surface area contributed by atoms with Crippen molar-refractivity contribution in [2.24, 2.45) is 5.92 Å². The van der Waals surface area contributed by atoms with Crippen molar-refractivity contribution in [1.29, 1.82) is 0 Å². The summed E-state index contributed by atoms with van der Waals surface area (Å²) in [5, 5.41) is 3.67. The Hall–Kier alpha value is -0.220. The Kier molecular flexibility index (Phi) is 7.22. The molecule has 2 rings (SSSR count). The van der Waals surface area contributed by atoms with E-state index in [4.69, 9.17) is 0 Å². The summed E-state index contributed by atoms with van der Waals surface area (Å²) in [6.07, 6.45) is 8.37. The molecule has 0 radical (unpaired) electrons. The first-order chi connectivity index (χ1) is 9.79. The first kappa shape index (κ1) is 16.2. The van der Waals surface area contributed by atoms with Crippen LogP contribution in [0.1, 0.15) is 51.9 Å². The van der Waals surface area contributed by atoms with E-state index in [0.717, 1.165) is 44.0 Å². The van der Waals surface area contributed by atoms with Gasteiger partial charge >= 0.3 is 0 Å². The smallest absolute Gasteiger partial charge is 0.223 e. The summed E-state index contributed by atoms with van der Waals surface area (Å²) < 4.78 is 0. The van der Waals surface area contributed by atoms with Crippen molar-refractivity contribution in [3.63, 3.8) is 0 Å².